The second-order valence-corrected chi connectivity index (χ2v) is 1.91. The number of rotatable bonds is 2. The van der Waals surface area contributed by atoms with Crippen LogP contribution < -0.4 is 0 Å². The molecule has 1 aromatic rings. The van der Waals surface area contributed by atoms with E-state index in [0.717, 1.165) is 10.5 Å². The van der Waals surface area contributed by atoms with Crippen LogP contribution in [-0.4, -0.2) is 26.1 Å². The molecule has 0 atom stereocenters. The monoisotopic (exact) mass is 141 g/mol. The van der Waals surface area contributed by atoms with Crippen molar-refractivity contribution in [2.24, 2.45) is 0 Å². The Morgan fingerprint density at radius 2 is 2.60 bits per heavy atom. The number of carboxylic acids is 1. The SMILES string of the molecule is Cc1cnn(CC(=O)O)n1. The zero-order chi connectivity index (χ0) is 7.56. The third-order valence-corrected chi connectivity index (χ3v) is 0.928. The molecule has 0 saturated carbocycles. The number of carbonyl (C=O) groups is 1. The summed E-state index contributed by atoms with van der Waals surface area (Å²) < 4.78 is 0. The third-order valence-electron chi connectivity index (χ3n) is 0.928. The van der Waals surface area contributed by atoms with Gasteiger partial charge in [-0.05, 0) is 6.92 Å². The van der Waals surface area contributed by atoms with Crippen LogP contribution in [0.25, 0.3) is 0 Å². The summed E-state index contributed by atoms with van der Waals surface area (Å²) >= 11 is 0. The molecule has 0 saturated heterocycles. The molecule has 0 unspecified atom stereocenters. The molecule has 0 aromatic carbocycles. The fourth-order valence-corrected chi connectivity index (χ4v) is 0.581. The molecule has 0 spiro atoms. The predicted octanol–water partition coefficient (Wildman–Crippen LogP) is -0.329. The van der Waals surface area contributed by atoms with E-state index in [1.165, 1.54) is 6.20 Å². The van der Waals surface area contributed by atoms with Crippen molar-refractivity contribution in [2.45, 2.75) is 13.5 Å². The Hall–Kier alpha value is -1.39. The normalized spacial score (nSPS) is 9.70. The third kappa shape index (κ3) is 1.54. The number of aromatic nitrogens is 3. The molecule has 0 aliphatic heterocycles. The van der Waals surface area contributed by atoms with Gasteiger partial charge >= 0.3 is 5.97 Å². The Morgan fingerprint density at radius 1 is 1.90 bits per heavy atom. The van der Waals surface area contributed by atoms with Crippen LogP contribution >= 0.6 is 0 Å². The van der Waals surface area contributed by atoms with Gasteiger partial charge in [-0.3, -0.25) is 4.79 Å². The summed E-state index contributed by atoms with van der Waals surface area (Å²) in [7, 11) is 0. The lowest BCUT2D eigenvalue weighted by molar-refractivity contribution is -0.138. The second kappa shape index (κ2) is 2.47. The van der Waals surface area contributed by atoms with Gasteiger partial charge in [0.2, 0.25) is 0 Å². The average molecular weight is 141 g/mol. The van der Waals surface area contributed by atoms with Crippen LogP contribution in [0.1, 0.15) is 5.69 Å². The van der Waals surface area contributed by atoms with E-state index in [0.29, 0.717) is 0 Å². The minimum absolute atomic E-state index is 0.173. The Kier molecular flexibility index (Phi) is 1.66. The van der Waals surface area contributed by atoms with Gasteiger partial charge in [0, 0.05) is 0 Å². The molecule has 1 rings (SSSR count). The maximum absolute atomic E-state index is 10.1. The maximum atomic E-state index is 10.1. The number of hydrogen-bond donors (Lipinski definition) is 1. The molecule has 0 amide bonds. The van der Waals surface area contributed by atoms with E-state index in [1.807, 2.05) is 0 Å². The molecule has 5 heteroatoms. The van der Waals surface area contributed by atoms with E-state index in [-0.39, 0.29) is 6.54 Å². The van der Waals surface area contributed by atoms with Crippen molar-refractivity contribution in [1.29, 1.82) is 0 Å². The quantitative estimate of drug-likeness (QED) is 0.612. The molecule has 1 N–H and O–H groups in total. The first-order chi connectivity index (χ1) is 4.68. The van der Waals surface area contributed by atoms with Gasteiger partial charge in [-0.25, -0.2) is 0 Å². The van der Waals surface area contributed by atoms with Crippen molar-refractivity contribution in [1.82, 2.24) is 15.0 Å². The lowest BCUT2D eigenvalue weighted by Gasteiger charge is -1.90. The van der Waals surface area contributed by atoms with E-state index in [1.54, 1.807) is 6.92 Å². The van der Waals surface area contributed by atoms with E-state index >= 15 is 0 Å². The molecular weight excluding hydrogens is 134 g/mol. The lowest BCUT2D eigenvalue weighted by Crippen LogP contribution is -2.11. The van der Waals surface area contributed by atoms with Gasteiger partial charge in [-0.2, -0.15) is 15.0 Å². The molecule has 1 aromatic heterocycles. The molecule has 1 heterocycles. The molecule has 0 radical (unpaired) electrons. The second-order valence-electron chi connectivity index (χ2n) is 1.91. The highest BCUT2D eigenvalue weighted by Crippen LogP contribution is 1.86. The van der Waals surface area contributed by atoms with Crippen molar-refractivity contribution in [3.63, 3.8) is 0 Å². The molecular formula is C5H7N3O2. The Morgan fingerprint density at radius 3 is 3.00 bits per heavy atom. The van der Waals surface area contributed by atoms with Crippen molar-refractivity contribution in [2.75, 3.05) is 0 Å². The summed E-state index contributed by atoms with van der Waals surface area (Å²) in [5.41, 5.74) is 0.723. The number of aliphatic carboxylic acids is 1. The smallest absolute Gasteiger partial charge is 0.327 e. The van der Waals surface area contributed by atoms with Gasteiger partial charge < -0.3 is 5.11 Å². The van der Waals surface area contributed by atoms with E-state index < -0.39 is 5.97 Å². The van der Waals surface area contributed by atoms with E-state index in [9.17, 15) is 4.79 Å². The molecule has 0 aliphatic carbocycles. The first-order valence-electron chi connectivity index (χ1n) is 2.77. The first-order valence-corrected chi connectivity index (χ1v) is 2.77. The molecule has 0 aliphatic rings. The van der Waals surface area contributed by atoms with Gasteiger partial charge in [0.25, 0.3) is 0 Å². The lowest BCUT2D eigenvalue weighted by atomic mass is 10.6. The van der Waals surface area contributed by atoms with Crippen molar-refractivity contribution >= 4 is 5.97 Å². The van der Waals surface area contributed by atoms with Gasteiger partial charge in [0.05, 0.1) is 11.9 Å². The fourth-order valence-electron chi connectivity index (χ4n) is 0.581. The minimum Gasteiger partial charge on any atom is -0.480 e. The van der Waals surface area contributed by atoms with Crippen molar-refractivity contribution in [3.8, 4) is 0 Å². The highest BCUT2D eigenvalue weighted by molar-refractivity contribution is 5.66. The van der Waals surface area contributed by atoms with Crippen LogP contribution in [0.4, 0.5) is 0 Å². The first kappa shape index (κ1) is 6.73. The molecule has 0 bridgehead atoms. The Balaban J connectivity index is 2.67. The minimum atomic E-state index is -0.935. The fraction of sp³-hybridized carbons (Fsp3) is 0.400. The largest absolute Gasteiger partial charge is 0.480 e. The summed E-state index contributed by atoms with van der Waals surface area (Å²) in [5.74, 6) is -0.935. The van der Waals surface area contributed by atoms with Crippen LogP contribution in [0.2, 0.25) is 0 Å². The Bertz CT molecular complexity index is 243. The molecule has 0 fully saturated rings. The topological polar surface area (TPSA) is 68.0 Å². The highest BCUT2D eigenvalue weighted by atomic mass is 16.4. The predicted molar refractivity (Wildman–Crippen MR) is 32.4 cm³/mol. The van der Waals surface area contributed by atoms with Gasteiger partial charge in [-0.15, -0.1) is 0 Å². The number of nitrogens with zero attached hydrogens (tertiary/aromatic N) is 3. The summed E-state index contributed by atoms with van der Waals surface area (Å²) in [4.78, 5) is 11.2. The highest BCUT2D eigenvalue weighted by Gasteiger charge is 1.99. The molecule has 5 nitrogen and oxygen atoms in total. The zero-order valence-corrected chi connectivity index (χ0v) is 5.48. The number of carboxylic acid groups (broad SMARTS) is 1. The van der Waals surface area contributed by atoms with E-state index in [4.69, 9.17) is 5.11 Å². The summed E-state index contributed by atoms with van der Waals surface area (Å²) in [6.07, 6.45) is 1.52. The number of hydrogen-bond acceptors (Lipinski definition) is 3. The van der Waals surface area contributed by atoms with Crippen molar-refractivity contribution in [3.05, 3.63) is 11.9 Å². The number of aryl methyl sites for hydroxylation is 1. The Labute approximate surface area is 57.3 Å². The van der Waals surface area contributed by atoms with Crippen molar-refractivity contribution < 1.29 is 9.90 Å². The maximum Gasteiger partial charge on any atom is 0.327 e. The summed E-state index contributed by atoms with van der Waals surface area (Å²) in [6, 6.07) is 0. The summed E-state index contributed by atoms with van der Waals surface area (Å²) in [6.45, 7) is 1.58. The van der Waals surface area contributed by atoms with Crippen LogP contribution in [-0.2, 0) is 11.3 Å². The van der Waals surface area contributed by atoms with Gasteiger partial charge in [-0.1, -0.05) is 0 Å². The zero-order valence-electron chi connectivity index (χ0n) is 5.48. The van der Waals surface area contributed by atoms with Crippen LogP contribution in [0.5, 0.6) is 0 Å². The van der Waals surface area contributed by atoms with Gasteiger partial charge in [0.15, 0.2) is 6.54 Å². The molecule has 10 heavy (non-hydrogen) atoms. The summed E-state index contributed by atoms with van der Waals surface area (Å²) in [5, 5.41) is 15.7. The standard InChI is InChI=1S/C5H7N3O2/c1-4-2-6-8(7-4)3-5(9)10/h2H,3H2,1H3,(H,9,10). The molecule has 54 valence electrons. The van der Waals surface area contributed by atoms with Gasteiger partial charge in [0.1, 0.15) is 0 Å². The average Bonchev–Trinajstić information content (AvgIpc) is 2.13. The van der Waals surface area contributed by atoms with Crippen LogP contribution in [0.15, 0.2) is 6.20 Å². The van der Waals surface area contributed by atoms with Crippen LogP contribution in [0, 0.1) is 6.92 Å². The van der Waals surface area contributed by atoms with E-state index in [2.05, 4.69) is 10.2 Å². The van der Waals surface area contributed by atoms with Crippen LogP contribution in [0.3, 0.4) is 0 Å².